The number of ether oxygens (including phenoxy) is 2. The van der Waals surface area contributed by atoms with Gasteiger partial charge in [-0.3, -0.25) is 9.59 Å². The fourth-order valence-electron chi connectivity index (χ4n) is 4.45. The van der Waals surface area contributed by atoms with Gasteiger partial charge in [0, 0.05) is 37.3 Å². The summed E-state index contributed by atoms with van der Waals surface area (Å²) in [4.78, 5) is 24.6. The van der Waals surface area contributed by atoms with E-state index in [1.54, 1.807) is 10.9 Å². The summed E-state index contributed by atoms with van der Waals surface area (Å²) in [6.07, 6.45) is 6.39. The summed E-state index contributed by atoms with van der Waals surface area (Å²) in [7, 11) is 0. The minimum Gasteiger partial charge on any atom is -0.454 e. The molecule has 8 nitrogen and oxygen atoms in total. The number of carbonyl (C=O) groups is 2. The molecule has 1 unspecified atom stereocenters. The number of hydrogen-bond acceptors (Lipinski definition) is 5. The van der Waals surface area contributed by atoms with E-state index in [2.05, 4.69) is 15.7 Å². The van der Waals surface area contributed by atoms with Crippen LogP contribution in [-0.2, 0) is 22.6 Å². The molecule has 170 valence electrons. The second-order valence-corrected chi connectivity index (χ2v) is 8.59. The number of hydrogen-bond donors (Lipinski definition) is 2. The highest BCUT2D eigenvalue weighted by molar-refractivity contribution is 5.80. The fourth-order valence-corrected chi connectivity index (χ4v) is 4.45. The van der Waals surface area contributed by atoms with E-state index < -0.39 is 5.54 Å². The van der Waals surface area contributed by atoms with Crippen LogP contribution in [0.1, 0.15) is 36.8 Å². The fraction of sp³-hybridized carbons (Fsp3) is 0.320. The molecular weight excluding hydrogens is 420 g/mol. The molecule has 2 aliphatic rings. The monoisotopic (exact) mass is 446 g/mol. The van der Waals surface area contributed by atoms with Crippen molar-refractivity contribution in [3.05, 3.63) is 72.1 Å². The molecule has 2 aromatic carbocycles. The molecule has 0 aliphatic carbocycles. The summed E-state index contributed by atoms with van der Waals surface area (Å²) < 4.78 is 12.7. The largest absolute Gasteiger partial charge is 0.454 e. The van der Waals surface area contributed by atoms with Gasteiger partial charge >= 0.3 is 0 Å². The minimum absolute atomic E-state index is 0.0302. The molecule has 8 heteroatoms. The molecule has 1 aromatic heterocycles. The van der Waals surface area contributed by atoms with E-state index in [4.69, 9.17) is 9.47 Å². The first-order valence-corrected chi connectivity index (χ1v) is 11.1. The van der Waals surface area contributed by atoms with Crippen LogP contribution >= 0.6 is 0 Å². The standard InChI is InChI=1S/C25H26N4O4/c30-23(26-16-18-2-5-20(6-3-18)29-13-1-12-27-29)8-10-25(11-9-24(31)28-25)15-19-4-7-21-22(14-19)33-17-32-21/h1-7,12-14H,8-11,15-17H2,(H,26,30)(H,28,31). The van der Waals surface area contributed by atoms with E-state index in [1.807, 2.05) is 54.7 Å². The SMILES string of the molecule is O=C(CCC1(Cc2ccc3c(c2)OCO3)CCC(=O)N1)NCc1ccc(-n2cccn2)cc1. The van der Waals surface area contributed by atoms with Crippen molar-refractivity contribution in [2.75, 3.05) is 6.79 Å². The quantitative estimate of drug-likeness (QED) is 0.555. The highest BCUT2D eigenvalue weighted by atomic mass is 16.7. The van der Waals surface area contributed by atoms with Crippen molar-refractivity contribution >= 4 is 11.8 Å². The van der Waals surface area contributed by atoms with Crippen LogP contribution in [-0.4, -0.2) is 33.9 Å². The Morgan fingerprint density at radius 2 is 1.94 bits per heavy atom. The molecule has 33 heavy (non-hydrogen) atoms. The maximum Gasteiger partial charge on any atom is 0.231 e. The smallest absolute Gasteiger partial charge is 0.231 e. The maximum absolute atomic E-state index is 12.6. The normalized spacial score (nSPS) is 18.8. The third kappa shape index (κ3) is 4.84. The molecule has 0 radical (unpaired) electrons. The minimum atomic E-state index is -0.423. The molecule has 0 bridgehead atoms. The van der Waals surface area contributed by atoms with Gasteiger partial charge in [0.2, 0.25) is 18.6 Å². The Labute approximate surface area is 191 Å². The van der Waals surface area contributed by atoms with Gasteiger partial charge in [-0.15, -0.1) is 0 Å². The van der Waals surface area contributed by atoms with Gasteiger partial charge in [0.1, 0.15) is 0 Å². The zero-order valence-electron chi connectivity index (χ0n) is 18.3. The van der Waals surface area contributed by atoms with Gasteiger partial charge in [-0.1, -0.05) is 18.2 Å². The van der Waals surface area contributed by atoms with Crippen molar-refractivity contribution in [3.8, 4) is 17.2 Å². The van der Waals surface area contributed by atoms with Crippen LogP contribution in [0.5, 0.6) is 11.5 Å². The van der Waals surface area contributed by atoms with Gasteiger partial charge in [-0.2, -0.15) is 5.10 Å². The zero-order chi connectivity index (χ0) is 22.7. The van der Waals surface area contributed by atoms with Crippen molar-refractivity contribution in [3.63, 3.8) is 0 Å². The van der Waals surface area contributed by atoms with Gasteiger partial charge < -0.3 is 20.1 Å². The van der Waals surface area contributed by atoms with Crippen LogP contribution in [0.25, 0.3) is 5.69 Å². The second kappa shape index (κ2) is 8.97. The summed E-state index contributed by atoms with van der Waals surface area (Å²) in [6, 6.07) is 15.6. The molecule has 2 amide bonds. The molecule has 5 rings (SSSR count). The molecule has 1 saturated heterocycles. The average molecular weight is 447 g/mol. The molecular formula is C25H26N4O4. The van der Waals surface area contributed by atoms with E-state index in [0.29, 0.717) is 38.6 Å². The molecule has 2 N–H and O–H groups in total. The van der Waals surface area contributed by atoms with Crippen molar-refractivity contribution < 1.29 is 19.1 Å². The average Bonchev–Trinajstić information content (AvgIpc) is 3.58. The van der Waals surface area contributed by atoms with Crippen molar-refractivity contribution in [1.29, 1.82) is 0 Å². The van der Waals surface area contributed by atoms with E-state index in [1.165, 1.54) is 0 Å². The number of rotatable bonds is 8. The van der Waals surface area contributed by atoms with Crippen LogP contribution in [0.4, 0.5) is 0 Å². The maximum atomic E-state index is 12.6. The highest BCUT2D eigenvalue weighted by Crippen LogP contribution is 2.36. The Morgan fingerprint density at radius 1 is 1.12 bits per heavy atom. The first-order chi connectivity index (χ1) is 16.1. The topological polar surface area (TPSA) is 94.5 Å². The first-order valence-electron chi connectivity index (χ1n) is 11.1. The summed E-state index contributed by atoms with van der Waals surface area (Å²) >= 11 is 0. The first kappa shape index (κ1) is 21.1. The van der Waals surface area contributed by atoms with Crippen molar-refractivity contribution in [2.45, 2.75) is 44.2 Å². The van der Waals surface area contributed by atoms with E-state index >= 15 is 0 Å². The predicted octanol–water partition coefficient (Wildman–Crippen LogP) is 2.89. The Balaban J connectivity index is 1.16. The number of amides is 2. The molecule has 3 aromatic rings. The van der Waals surface area contributed by atoms with Crippen molar-refractivity contribution in [1.82, 2.24) is 20.4 Å². The molecule has 2 aliphatic heterocycles. The Kier molecular flexibility index (Phi) is 5.73. The van der Waals surface area contributed by atoms with Gasteiger partial charge in [-0.25, -0.2) is 4.68 Å². The number of aromatic nitrogens is 2. The number of nitrogens with zero attached hydrogens (tertiary/aromatic N) is 2. The summed E-state index contributed by atoms with van der Waals surface area (Å²) in [5, 5.41) is 10.3. The van der Waals surface area contributed by atoms with Crippen LogP contribution in [0.3, 0.4) is 0 Å². The third-order valence-corrected chi connectivity index (χ3v) is 6.24. The number of carbonyl (C=O) groups excluding carboxylic acids is 2. The Morgan fingerprint density at radius 3 is 2.70 bits per heavy atom. The number of benzene rings is 2. The molecule has 0 spiro atoms. The van der Waals surface area contributed by atoms with Gasteiger partial charge in [0.25, 0.3) is 0 Å². The Hall–Kier alpha value is -3.81. The van der Waals surface area contributed by atoms with Crippen LogP contribution in [0.15, 0.2) is 60.9 Å². The molecule has 1 fully saturated rings. The van der Waals surface area contributed by atoms with Gasteiger partial charge in [0.05, 0.1) is 5.69 Å². The second-order valence-electron chi connectivity index (χ2n) is 8.59. The summed E-state index contributed by atoms with van der Waals surface area (Å²) in [6.45, 7) is 0.687. The lowest BCUT2D eigenvalue weighted by molar-refractivity contribution is -0.122. The van der Waals surface area contributed by atoms with Gasteiger partial charge in [0.15, 0.2) is 11.5 Å². The van der Waals surface area contributed by atoms with Crippen LogP contribution < -0.4 is 20.1 Å². The summed E-state index contributed by atoms with van der Waals surface area (Å²) in [5.74, 6) is 1.47. The third-order valence-electron chi connectivity index (χ3n) is 6.24. The Bertz CT molecular complexity index is 1140. The molecule has 1 atom stereocenters. The van der Waals surface area contributed by atoms with Crippen LogP contribution in [0, 0.1) is 0 Å². The number of fused-ring (bicyclic) bond motifs is 1. The lowest BCUT2D eigenvalue weighted by atomic mass is 9.85. The number of nitrogens with one attached hydrogen (secondary N) is 2. The van der Waals surface area contributed by atoms with Gasteiger partial charge in [-0.05, 0) is 60.7 Å². The highest BCUT2D eigenvalue weighted by Gasteiger charge is 2.38. The lowest BCUT2D eigenvalue weighted by Crippen LogP contribution is -2.44. The van der Waals surface area contributed by atoms with E-state index in [0.717, 1.165) is 28.3 Å². The van der Waals surface area contributed by atoms with Crippen molar-refractivity contribution in [2.24, 2.45) is 0 Å². The lowest BCUT2D eigenvalue weighted by Gasteiger charge is -2.29. The van der Waals surface area contributed by atoms with E-state index in [9.17, 15) is 9.59 Å². The van der Waals surface area contributed by atoms with Crippen LogP contribution in [0.2, 0.25) is 0 Å². The molecule has 3 heterocycles. The zero-order valence-corrected chi connectivity index (χ0v) is 18.3. The molecule has 0 saturated carbocycles. The summed E-state index contributed by atoms with van der Waals surface area (Å²) in [5.41, 5.74) is 2.62. The van der Waals surface area contributed by atoms with E-state index in [-0.39, 0.29) is 18.6 Å². The predicted molar refractivity (Wildman–Crippen MR) is 121 cm³/mol.